The predicted octanol–water partition coefficient (Wildman–Crippen LogP) is 4.19. The summed E-state index contributed by atoms with van der Waals surface area (Å²) in [6, 6.07) is 15.4. The van der Waals surface area contributed by atoms with E-state index in [0.29, 0.717) is 17.8 Å². The first-order valence-electron chi connectivity index (χ1n) is 9.64. The van der Waals surface area contributed by atoms with Gasteiger partial charge in [-0.05, 0) is 43.7 Å². The van der Waals surface area contributed by atoms with Crippen molar-refractivity contribution in [1.29, 1.82) is 0 Å². The van der Waals surface area contributed by atoms with E-state index in [4.69, 9.17) is 0 Å². The Kier molecular flexibility index (Phi) is 7.23. The number of nitrogens with zero attached hydrogens (tertiary/aromatic N) is 1. The quantitative estimate of drug-likeness (QED) is 0.673. The molecule has 1 aliphatic rings. The van der Waals surface area contributed by atoms with Gasteiger partial charge in [0.2, 0.25) is 5.91 Å². The van der Waals surface area contributed by atoms with Crippen LogP contribution in [0.5, 0.6) is 0 Å². The lowest BCUT2D eigenvalue weighted by Crippen LogP contribution is -2.34. The number of halogens is 1. The molecule has 2 aromatic carbocycles. The molecule has 2 N–H and O–H groups in total. The molecule has 5 nitrogen and oxygen atoms in total. The van der Waals surface area contributed by atoms with E-state index in [1.165, 1.54) is 0 Å². The number of carbonyl (C=O) groups excluding carboxylic acids is 2. The number of likely N-dealkylation sites (N-methyl/N-ethyl adjacent to an activating group) is 1. The lowest BCUT2D eigenvalue weighted by Gasteiger charge is -2.18. The van der Waals surface area contributed by atoms with Gasteiger partial charge in [0.1, 0.15) is 0 Å². The lowest BCUT2D eigenvalue weighted by atomic mass is 10.1. The van der Waals surface area contributed by atoms with E-state index >= 15 is 0 Å². The molecule has 148 valence electrons. The van der Waals surface area contributed by atoms with Gasteiger partial charge in [-0.2, -0.15) is 0 Å². The zero-order valence-corrected chi connectivity index (χ0v) is 17.7. The predicted molar refractivity (Wildman–Crippen MR) is 115 cm³/mol. The van der Waals surface area contributed by atoms with Crippen LogP contribution >= 0.6 is 15.9 Å². The molecule has 0 unspecified atom stereocenters. The van der Waals surface area contributed by atoms with Gasteiger partial charge >= 0.3 is 0 Å². The van der Waals surface area contributed by atoms with Crippen molar-refractivity contribution in [2.24, 2.45) is 0 Å². The number of nitrogens with one attached hydrogen (secondary N) is 2. The Labute approximate surface area is 174 Å². The number of hydrogen-bond donors (Lipinski definition) is 2. The van der Waals surface area contributed by atoms with E-state index in [1.807, 2.05) is 48.3 Å². The van der Waals surface area contributed by atoms with Crippen LogP contribution in [0.25, 0.3) is 0 Å². The van der Waals surface area contributed by atoms with Crippen molar-refractivity contribution < 1.29 is 9.59 Å². The normalized spacial score (nSPS) is 14.2. The van der Waals surface area contributed by atoms with E-state index < -0.39 is 0 Å². The maximum absolute atomic E-state index is 12.6. The minimum absolute atomic E-state index is 0.121. The van der Waals surface area contributed by atoms with Crippen molar-refractivity contribution in [3.8, 4) is 0 Å². The standard InChI is InChI=1S/C22H26BrN3O2/c1-26(14-16-8-2-6-12-19(16)23)15-21(27)25-20-13-7-5-11-18(20)22(28)24-17-9-3-4-10-17/h2,5-8,11-13,17H,3-4,9-10,14-15H2,1H3,(H,24,28)(H,25,27). The van der Waals surface area contributed by atoms with Crippen LogP contribution < -0.4 is 10.6 Å². The first-order valence-corrected chi connectivity index (χ1v) is 10.4. The summed E-state index contributed by atoms with van der Waals surface area (Å²) in [7, 11) is 1.90. The van der Waals surface area contributed by atoms with Crippen molar-refractivity contribution >= 4 is 33.4 Å². The lowest BCUT2D eigenvalue weighted by molar-refractivity contribution is -0.117. The fourth-order valence-electron chi connectivity index (χ4n) is 3.53. The second-order valence-corrected chi connectivity index (χ2v) is 8.17. The number of benzene rings is 2. The first-order chi connectivity index (χ1) is 13.5. The average Bonchev–Trinajstić information content (AvgIpc) is 3.17. The topological polar surface area (TPSA) is 61.4 Å². The Morgan fingerprint density at radius 3 is 2.50 bits per heavy atom. The third kappa shape index (κ3) is 5.66. The second kappa shape index (κ2) is 9.85. The van der Waals surface area contributed by atoms with Crippen LogP contribution in [-0.2, 0) is 11.3 Å². The molecule has 0 bridgehead atoms. The molecule has 1 saturated carbocycles. The number of rotatable bonds is 7. The molecule has 28 heavy (non-hydrogen) atoms. The summed E-state index contributed by atoms with van der Waals surface area (Å²) in [6.45, 7) is 0.887. The highest BCUT2D eigenvalue weighted by atomic mass is 79.9. The van der Waals surface area contributed by atoms with Gasteiger partial charge < -0.3 is 10.6 Å². The zero-order chi connectivity index (χ0) is 19.9. The van der Waals surface area contributed by atoms with Gasteiger partial charge in [0.05, 0.1) is 17.8 Å². The Morgan fingerprint density at radius 2 is 1.75 bits per heavy atom. The zero-order valence-electron chi connectivity index (χ0n) is 16.1. The molecule has 3 rings (SSSR count). The summed E-state index contributed by atoms with van der Waals surface area (Å²) in [6.07, 6.45) is 4.38. The highest BCUT2D eigenvalue weighted by molar-refractivity contribution is 9.10. The smallest absolute Gasteiger partial charge is 0.253 e. The SMILES string of the molecule is CN(CC(=O)Nc1ccccc1C(=O)NC1CCCC1)Cc1ccccc1Br. The molecule has 6 heteroatoms. The minimum Gasteiger partial charge on any atom is -0.349 e. The van der Waals surface area contributed by atoms with Gasteiger partial charge in [-0.15, -0.1) is 0 Å². The number of carbonyl (C=O) groups is 2. The summed E-state index contributed by atoms with van der Waals surface area (Å²) in [4.78, 5) is 27.1. The summed E-state index contributed by atoms with van der Waals surface area (Å²) in [5.41, 5.74) is 2.18. The van der Waals surface area contributed by atoms with Crippen LogP contribution in [0.3, 0.4) is 0 Å². The second-order valence-electron chi connectivity index (χ2n) is 7.31. The molecule has 0 aliphatic heterocycles. The highest BCUT2D eigenvalue weighted by Crippen LogP contribution is 2.21. The van der Waals surface area contributed by atoms with Crippen LogP contribution in [0.4, 0.5) is 5.69 Å². The molecule has 0 saturated heterocycles. The fraction of sp³-hybridized carbons (Fsp3) is 0.364. The van der Waals surface area contributed by atoms with Crippen LogP contribution in [-0.4, -0.2) is 36.3 Å². The van der Waals surface area contributed by atoms with E-state index in [0.717, 1.165) is 35.7 Å². The molecule has 0 aromatic heterocycles. The maximum Gasteiger partial charge on any atom is 0.253 e. The van der Waals surface area contributed by atoms with Crippen LogP contribution in [0.2, 0.25) is 0 Å². The summed E-state index contributed by atoms with van der Waals surface area (Å²) >= 11 is 3.53. The highest BCUT2D eigenvalue weighted by Gasteiger charge is 2.20. The Morgan fingerprint density at radius 1 is 1.07 bits per heavy atom. The van der Waals surface area contributed by atoms with Gasteiger partial charge in [-0.3, -0.25) is 14.5 Å². The maximum atomic E-state index is 12.6. The molecule has 0 atom stereocenters. The molecule has 2 amide bonds. The molecular formula is C22H26BrN3O2. The molecule has 0 spiro atoms. The monoisotopic (exact) mass is 443 g/mol. The van der Waals surface area contributed by atoms with Crippen LogP contribution in [0, 0.1) is 0 Å². The van der Waals surface area contributed by atoms with E-state index in [-0.39, 0.29) is 24.4 Å². The molecule has 1 fully saturated rings. The van der Waals surface area contributed by atoms with Gasteiger partial charge in [-0.25, -0.2) is 0 Å². The number of para-hydroxylation sites is 1. The van der Waals surface area contributed by atoms with Crippen molar-refractivity contribution in [1.82, 2.24) is 10.2 Å². The number of anilines is 1. The molecule has 0 radical (unpaired) electrons. The van der Waals surface area contributed by atoms with Crippen molar-refractivity contribution in [3.63, 3.8) is 0 Å². The molecule has 2 aromatic rings. The minimum atomic E-state index is -0.143. The molecular weight excluding hydrogens is 418 g/mol. The summed E-state index contributed by atoms with van der Waals surface area (Å²) < 4.78 is 1.02. The number of amides is 2. The fourth-order valence-corrected chi connectivity index (χ4v) is 3.94. The van der Waals surface area contributed by atoms with Crippen LogP contribution in [0.1, 0.15) is 41.6 Å². The average molecular weight is 444 g/mol. The third-order valence-electron chi connectivity index (χ3n) is 4.95. The van der Waals surface area contributed by atoms with E-state index in [2.05, 4.69) is 26.6 Å². The first kappa shape index (κ1) is 20.6. The van der Waals surface area contributed by atoms with Gasteiger partial charge in [0.25, 0.3) is 5.91 Å². The van der Waals surface area contributed by atoms with Gasteiger partial charge in [0, 0.05) is 17.1 Å². The molecule has 1 aliphatic carbocycles. The largest absolute Gasteiger partial charge is 0.349 e. The number of hydrogen-bond acceptors (Lipinski definition) is 3. The van der Waals surface area contributed by atoms with E-state index in [1.54, 1.807) is 12.1 Å². The van der Waals surface area contributed by atoms with Crippen molar-refractivity contribution in [2.45, 2.75) is 38.3 Å². The summed E-state index contributed by atoms with van der Waals surface area (Å²) in [5, 5.41) is 5.98. The Hall–Kier alpha value is -2.18. The third-order valence-corrected chi connectivity index (χ3v) is 5.72. The summed E-state index contributed by atoms with van der Waals surface area (Å²) in [5.74, 6) is -0.264. The Bertz CT molecular complexity index is 834. The van der Waals surface area contributed by atoms with E-state index in [9.17, 15) is 9.59 Å². The van der Waals surface area contributed by atoms with Crippen molar-refractivity contribution in [3.05, 3.63) is 64.1 Å². The van der Waals surface area contributed by atoms with Gasteiger partial charge in [-0.1, -0.05) is 59.1 Å². The van der Waals surface area contributed by atoms with Crippen molar-refractivity contribution in [2.75, 3.05) is 18.9 Å². The van der Waals surface area contributed by atoms with Crippen LogP contribution in [0.15, 0.2) is 53.0 Å². The molecule has 0 heterocycles. The van der Waals surface area contributed by atoms with Gasteiger partial charge in [0.15, 0.2) is 0 Å². The Balaban J connectivity index is 1.59.